The minimum atomic E-state index is -0.698. The molecule has 0 saturated heterocycles. The first-order valence-electron chi connectivity index (χ1n) is 10.1. The van der Waals surface area contributed by atoms with Gasteiger partial charge in [-0.2, -0.15) is 0 Å². The molecule has 0 unspecified atom stereocenters. The molecule has 3 aromatic rings. The summed E-state index contributed by atoms with van der Waals surface area (Å²) in [7, 11) is 1.25. The summed E-state index contributed by atoms with van der Waals surface area (Å²) in [4.78, 5) is 49.6. The summed E-state index contributed by atoms with van der Waals surface area (Å²) < 4.78 is 9.81. The molecule has 1 aromatic heterocycles. The Morgan fingerprint density at radius 2 is 1.65 bits per heavy atom. The summed E-state index contributed by atoms with van der Waals surface area (Å²) in [6, 6.07) is 15.7. The van der Waals surface area contributed by atoms with Crippen LogP contribution in [0.4, 0.5) is 11.4 Å². The maximum atomic E-state index is 12.6. The number of hydrogen-bond donors (Lipinski definition) is 2. The summed E-state index contributed by atoms with van der Waals surface area (Å²) in [5.74, 6) is -1.99. The zero-order chi connectivity index (χ0) is 24.5. The molecular weight excluding hydrogens is 476 g/mol. The summed E-state index contributed by atoms with van der Waals surface area (Å²) in [6.07, 6.45) is 0. The molecule has 2 aromatic carbocycles. The lowest BCUT2D eigenvalue weighted by Gasteiger charge is -2.10. The standard InChI is InChI=1S/C24H22N2O6S2/c1-15-7-9-16(10-8-15)25-21(28)14-34-19-6-4-3-5-17(19)23(29)32-13-20(27)26-18-11-12-33-22(18)24(30)31-2/h3-12H,13-14H2,1-2H3,(H,25,28)(H,26,27). The van der Waals surface area contributed by atoms with E-state index in [9.17, 15) is 19.2 Å². The fraction of sp³-hybridized carbons (Fsp3) is 0.167. The Morgan fingerprint density at radius 1 is 0.912 bits per heavy atom. The third-order valence-corrected chi connectivity index (χ3v) is 6.41. The van der Waals surface area contributed by atoms with Crippen LogP contribution in [0.15, 0.2) is 64.9 Å². The Morgan fingerprint density at radius 3 is 2.38 bits per heavy atom. The van der Waals surface area contributed by atoms with Crippen molar-refractivity contribution in [3.63, 3.8) is 0 Å². The predicted octanol–water partition coefficient (Wildman–Crippen LogP) is 4.37. The van der Waals surface area contributed by atoms with E-state index in [1.807, 2.05) is 31.2 Å². The van der Waals surface area contributed by atoms with E-state index in [4.69, 9.17) is 4.74 Å². The summed E-state index contributed by atoms with van der Waals surface area (Å²) >= 11 is 2.31. The van der Waals surface area contributed by atoms with E-state index < -0.39 is 24.5 Å². The van der Waals surface area contributed by atoms with Gasteiger partial charge in [-0.1, -0.05) is 29.8 Å². The van der Waals surface area contributed by atoms with E-state index >= 15 is 0 Å². The topological polar surface area (TPSA) is 111 Å². The van der Waals surface area contributed by atoms with Crippen molar-refractivity contribution in [2.75, 3.05) is 30.1 Å². The molecule has 0 fully saturated rings. The van der Waals surface area contributed by atoms with Crippen LogP contribution in [-0.4, -0.2) is 43.2 Å². The number of amides is 2. The minimum Gasteiger partial charge on any atom is -0.465 e. The normalized spacial score (nSPS) is 10.3. The quantitative estimate of drug-likeness (QED) is 0.333. The van der Waals surface area contributed by atoms with Gasteiger partial charge in [-0.15, -0.1) is 23.1 Å². The lowest BCUT2D eigenvalue weighted by Crippen LogP contribution is -2.22. The Hall–Kier alpha value is -3.63. The average molecular weight is 499 g/mol. The van der Waals surface area contributed by atoms with Crippen molar-refractivity contribution in [2.24, 2.45) is 0 Å². The van der Waals surface area contributed by atoms with E-state index in [2.05, 4.69) is 15.4 Å². The first-order valence-corrected chi connectivity index (χ1v) is 11.9. The Kier molecular flexibility index (Phi) is 8.83. The van der Waals surface area contributed by atoms with Crippen LogP contribution in [0.2, 0.25) is 0 Å². The van der Waals surface area contributed by atoms with Crippen LogP contribution in [0.5, 0.6) is 0 Å². The van der Waals surface area contributed by atoms with Gasteiger partial charge in [0.2, 0.25) is 5.91 Å². The van der Waals surface area contributed by atoms with Gasteiger partial charge in [-0.25, -0.2) is 9.59 Å². The van der Waals surface area contributed by atoms with Gasteiger partial charge < -0.3 is 20.1 Å². The Bertz CT molecular complexity index is 1190. The zero-order valence-corrected chi connectivity index (χ0v) is 20.1. The smallest absolute Gasteiger partial charge is 0.350 e. The third-order valence-electron chi connectivity index (χ3n) is 4.45. The van der Waals surface area contributed by atoms with Crippen LogP contribution in [0.25, 0.3) is 0 Å². The highest BCUT2D eigenvalue weighted by Gasteiger charge is 2.18. The molecule has 0 aliphatic rings. The van der Waals surface area contributed by atoms with E-state index in [0.717, 1.165) is 16.9 Å². The SMILES string of the molecule is COC(=O)c1sccc1NC(=O)COC(=O)c1ccccc1SCC(=O)Nc1ccc(C)cc1. The number of thiophene rings is 1. The van der Waals surface area contributed by atoms with Gasteiger partial charge in [0.25, 0.3) is 5.91 Å². The van der Waals surface area contributed by atoms with Crippen molar-refractivity contribution in [1.82, 2.24) is 0 Å². The average Bonchev–Trinajstić information content (AvgIpc) is 3.30. The van der Waals surface area contributed by atoms with E-state index in [-0.39, 0.29) is 27.8 Å². The second kappa shape index (κ2) is 12.0. The van der Waals surface area contributed by atoms with Crippen LogP contribution < -0.4 is 10.6 Å². The maximum Gasteiger partial charge on any atom is 0.350 e. The molecule has 0 saturated carbocycles. The molecule has 3 rings (SSSR count). The molecule has 0 bridgehead atoms. The molecule has 10 heteroatoms. The number of methoxy groups -OCH3 is 1. The van der Waals surface area contributed by atoms with Crippen LogP contribution in [0.1, 0.15) is 25.6 Å². The second-order valence-corrected chi connectivity index (χ2v) is 8.91. The van der Waals surface area contributed by atoms with Crippen LogP contribution in [0.3, 0.4) is 0 Å². The number of rotatable bonds is 9. The van der Waals surface area contributed by atoms with Crippen LogP contribution in [0, 0.1) is 6.92 Å². The highest BCUT2D eigenvalue weighted by Crippen LogP contribution is 2.25. The first kappa shape index (κ1) is 25.0. The molecule has 0 atom stereocenters. The van der Waals surface area contributed by atoms with Gasteiger partial charge >= 0.3 is 11.9 Å². The van der Waals surface area contributed by atoms with Gasteiger partial charge in [-0.3, -0.25) is 9.59 Å². The summed E-state index contributed by atoms with van der Waals surface area (Å²) in [5.41, 5.74) is 2.31. The van der Waals surface area contributed by atoms with Crippen molar-refractivity contribution >= 4 is 58.2 Å². The van der Waals surface area contributed by atoms with Crippen LogP contribution >= 0.6 is 23.1 Å². The molecule has 0 spiro atoms. The van der Waals surface area contributed by atoms with Gasteiger partial charge in [0.15, 0.2) is 6.61 Å². The molecule has 1 heterocycles. The number of ether oxygens (including phenoxy) is 2. The Balaban J connectivity index is 1.54. The monoisotopic (exact) mass is 498 g/mol. The van der Waals surface area contributed by atoms with Crippen molar-refractivity contribution in [2.45, 2.75) is 11.8 Å². The van der Waals surface area contributed by atoms with E-state index in [0.29, 0.717) is 10.6 Å². The largest absolute Gasteiger partial charge is 0.465 e. The molecule has 8 nitrogen and oxygen atoms in total. The highest BCUT2D eigenvalue weighted by atomic mass is 32.2. The highest BCUT2D eigenvalue weighted by molar-refractivity contribution is 8.00. The van der Waals surface area contributed by atoms with Crippen LogP contribution in [-0.2, 0) is 19.1 Å². The van der Waals surface area contributed by atoms with Gasteiger partial charge in [0.05, 0.1) is 24.1 Å². The molecule has 0 aliphatic carbocycles. The summed E-state index contributed by atoms with van der Waals surface area (Å²) in [6.45, 7) is 1.42. The fourth-order valence-electron chi connectivity index (χ4n) is 2.79. The number of esters is 2. The number of carbonyl (C=O) groups excluding carboxylic acids is 4. The Labute approximate surface area is 204 Å². The number of hydrogen-bond acceptors (Lipinski definition) is 8. The molecule has 34 heavy (non-hydrogen) atoms. The fourth-order valence-corrected chi connectivity index (χ4v) is 4.40. The zero-order valence-electron chi connectivity index (χ0n) is 18.5. The second-order valence-electron chi connectivity index (χ2n) is 6.98. The lowest BCUT2D eigenvalue weighted by molar-refractivity contribution is -0.119. The van der Waals surface area contributed by atoms with Gasteiger partial charge in [-0.05, 0) is 42.6 Å². The van der Waals surface area contributed by atoms with Crippen molar-refractivity contribution < 1.29 is 28.7 Å². The van der Waals surface area contributed by atoms with Gasteiger partial charge in [0, 0.05) is 10.6 Å². The predicted molar refractivity (Wildman–Crippen MR) is 132 cm³/mol. The number of carbonyl (C=O) groups is 4. The molecule has 0 radical (unpaired) electrons. The molecule has 0 aliphatic heterocycles. The first-order chi connectivity index (χ1) is 16.4. The van der Waals surface area contributed by atoms with Crippen molar-refractivity contribution in [3.05, 3.63) is 76.0 Å². The maximum absolute atomic E-state index is 12.6. The van der Waals surface area contributed by atoms with E-state index in [1.165, 1.54) is 18.9 Å². The molecular formula is C24H22N2O6S2. The summed E-state index contributed by atoms with van der Waals surface area (Å²) in [5, 5.41) is 6.97. The number of aryl methyl sites for hydroxylation is 1. The van der Waals surface area contributed by atoms with Crippen molar-refractivity contribution in [3.8, 4) is 0 Å². The lowest BCUT2D eigenvalue weighted by atomic mass is 10.2. The number of nitrogens with one attached hydrogen (secondary N) is 2. The number of anilines is 2. The van der Waals surface area contributed by atoms with Gasteiger partial charge in [0.1, 0.15) is 4.88 Å². The third kappa shape index (κ3) is 6.93. The minimum absolute atomic E-state index is 0.0904. The number of thioether (sulfide) groups is 1. The number of benzene rings is 2. The molecule has 2 amide bonds. The molecule has 2 N–H and O–H groups in total. The van der Waals surface area contributed by atoms with Crippen molar-refractivity contribution in [1.29, 1.82) is 0 Å². The molecule has 176 valence electrons. The van der Waals surface area contributed by atoms with E-state index in [1.54, 1.807) is 35.7 Å².